The van der Waals surface area contributed by atoms with E-state index in [2.05, 4.69) is 22.5 Å². The summed E-state index contributed by atoms with van der Waals surface area (Å²) in [5.74, 6) is 0.226. The Bertz CT molecular complexity index is 265. The van der Waals surface area contributed by atoms with Crippen LogP contribution >= 0.6 is 24.8 Å². The minimum atomic E-state index is 0. The number of halogens is 2. The van der Waals surface area contributed by atoms with Crippen LogP contribution in [0.25, 0.3) is 0 Å². The van der Waals surface area contributed by atoms with E-state index in [9.17, 15) is 4.79 Å². The highest BCUT2D eigenvalue weighted by atomic mass is 35.5. The molecule has 0 radical (unpaired) electrons. The van der Waals surface area contributed by atoms with Crippen molar-refractivity contribution in [1.82, 2.24) is 15.5 Å². The van der Waals surface area contributed by atoms with Crippen molar-refractivity contribution in [3.8, 4) is 0 Å². The highest BCUT2D eigenvalue weighted by molar-refractivity contribution is 5.85. The van der Waals surface area contributed by atoms with Crippen molar-refractivity contribution in [3.05, 3.63) is 0 Å². The van der Waals surface area contributed by atoms with Crippen molar-refractivity contribution in [2.45, 2.75) is 57.5 Å². The molecule has 0 aromatic rings. The summed E-state index contributed by atoms with van der Waals surface area (Å²) in [5, 5.41) is 6.54. The van der Waals surface area contributed by atoms with E-state index in [-0.39, 0.29) is 36.8 Å². The molecule has 6 heteroatoms. The van der Waals surface area contributed by atoms with Crippen LogP contribution in [0.2, 0.25) is 0 Å². The molecule has 2 fully saturated rings. The summed E-state index contributed by atoms with van der Waals surface area (Å²) in [6, 6.07) is 0.460. The molecule has 2 heterocycles. The third kappa shape index (κ3) is 6.17. The number of nitrogens with zero attached hydrogens (tertiary/aromatic N) is 1. The van der Waals surface area contributed by atoms with Crippen molar-refractivity contribution < 1.29 is 4.79 Å². The molecule has 2 rings (SSSR count). The average Bonchev–Trinajstić information content (AvgIpc) is 2.42. The summed E-state index contributed by atoms with van der Waals surface area (Å²) < 4.78 is 0. The quantitative estimate of drug-likeness (QED) is 0.830. The molecule has 0 saturated carbocycles. The number of amides is 1. The Kier molecular flexibility index (Phi) is 10.6. The largest absolute Gasteiger partial charge is 0.352 e. The molecule has 1 amide bonds. The van der Waals surface area contributed by atoms with Crippen LogP contribution in [0.3, 0.4) is 0 Å². The summed E-state index contributed by atoms with van der Waals surface area (Å²) >= 11 is 0. The Hall–Kier alpha value is -0.0300. The number of hydrogen-bond acceptors (Lipinski definition) is 3. The summed E-state index contributed by atoms with van der Waals surface area (Å²) in [5.41, 5.74) is 0. The molecule has 4 nitrogen and oxygen atoms in total. The molecule has 2 N–H and O–H groups in total. The fourth-order valence-electron chi connectivity index (χ4n) is 2.99. The Morgan fingerprint density at radius 3 is 2.45 bits per heavy atom. The molecule has 0 aliphatic carbocycles. The molecular weight excluding hydrogens is 297 g/mol. The van der Waals surface area contributed by atoms with Crippen LogP contribution in [0, 0.1) is 0 Å². The van der Waals surface area contributed by atoms with Crippen molar-refractivity contribution in [2.75, 3.05) is 26.2 Å². The van der Waals surface area contributed by atoms with E-state index >= 15 is 0 Å². The van der Waals surface area contributed by atoms with E-state index in [0.717, 1.165) is 38.9 Å². The van der Waals surface area contributed by atoms with E-state index in [1.54, 1.807) is 0 Å². The summed E-state index contributed by atoms with van der Waals surface area (Å²) in [6.45, 7) is 6.69. The maximum atomic E-state index is 12.1. The lowest BCUT2D eigenvalue weighted by atomic mass is 10.0. The number of piperidine rings is 2. The molecule has 0 unspecified atom stereocenters. The lowest BCUT2D eigenvalue weighted by molar-refractivity contribution is -0.124. The van der Waals surface area contributed by atoms with Crippen molar-refractivity contribution >= 4 is 30.7 Å². The van der Waals surface area contributed by atoms with Gasteiger partial charge in [0, 0.05) is 19.1 Å². The van der Waals surface area contributed by atoms with Crippen LogP contribution in [-0.4, -0.2) is 49.1 Å². The fraction of sp³-hybridized carbons (Fsp3) is 0.929. The molecule has 1 atom stereocenters. The fourth-order valence-corrected chi connectivity index (χ4v) is 2.99. The molecule has 20 heavy (non-hydrogen) atoms. The molecular formula is C14H29Cl2N3O. The second-order valence-corrected chi connectivity index (χ2v) is 5.63. The van der Waals surface area contributed by atoms with Crippen LogP contribution in [0.5, 0.6) is 0 Å². The van der Waals surface area contributed by atoms with Crippen LogP contribution in [-0.2, 0) is 4.79 Å². The van der Waals surface area contributed by atoms with E-state index in [1.165, 1.54) is 25.8 Å². The highest BCUT2D eigenvalue weighted by Gasteiger charge is 2.25. The third-order valence-corrected chi connectivity index (χ3v) is 4.10. The van der Waals surface area contributed by atoms with Gasteiger partial charge in [-0.3, -0.25) is 4.79 Å². The molecule has 2 aliphatic heterocycles. The molecule has 0 aromatic heterocycles. The topological polar surface area (TPSA) is 44.4 Å². The molecule has 120 valence electrons. The first kappa shape index (κ1) is 20.0. The molecule has 0 spiro atoms. The van der Waals surface area contributed by atoms with E-state index in [0.29, 0.717) is 6.04 Å². The SMILES string of the molecule is CCCN1CCC(NC(=O)[C@H]2CCCCN2)CC1.Cl.Cl. The lowest BCUT2D eigenvalue weighted by Gasteiger charge is -2.33. The zero-order valence-corrected chi connectivity index (χ0v) is 14.0. The Morgan fingerprint density at radius 2 is 1.90 bits per heavy atom. The van der Waals surface area contributed by atoms with Gasteiger partial charge < -0.3 is 15.5 Å². The minimum absolute atomic E-state index is 0. The van der Waals surface area contributed by atoms with Gasteiger partial charge in [0.1, 0.15) is 0 Å². The van der Waals surface area contributed by atoms with Gasteiger partial charge in [-0.15, -0.1) is 24.8 Å². The monoisotopic (exact) mass is 325 g/mol. The van der Waals surface area contributed by atoms with E-state index < -0.39 is 0 Å². The summed E-state index contributed by atoms with van der Waals surface area (Å²) in [4.78, 5) is 14.6. The number of carbonyl (C=O) groups excluding carboxylic acids is 1. The van der Waals surface area contributed by atoms with Gasteiger partial charge in [0.15, 0.2) is 0 Å². The predicted molar refractivity (Wildman–Crippen MR) is 88.0 cm³/mol. The molecule has 2 aliphatic rings. The zero-order valence-electron chi connectivity index (χ0n) is 12.4. The van der Waals surface area contributed by atoms with Gasteiger partial charge in [-0.1, -0.05) is 13.3 Å². The second-order valence-electron chi connectivity index (χ2n) is 5.63. The maximum absolute atomic E-state index is 12.1. The number of likely N-dealkylation sites (tertiary alicyclic amines) is 1. The zero-order chi connectivity index (χ0) is 12.8. The first-order chi connectivity index (χ1) is 8.79. The number of carbonyl (C=O) groups is 1. The lowest BCUT2D eigenvalue weighted by Crippen LogP contribution is -2.52. The maximum Gasteiger partial charge on any atom is 0.237 e. The van der Waals surface area contributed by atoms with E-state index in [1.807, 2.05) is 0 Å². The Morgan fingerprint density at radius 1 is 1.20 bits per heavy atom. The van der Waals surface area contributed by atoms with Gasteiger partial charge in [-0.2, -0.15) is 0 Å². The van der Waals surface area contributed by atoms with Gasteiger partial charge in [-0.05, 0) is 45.2 Å². The number of nitrogens with one attached hydrogen (secondary N) is 2. The van der Waals surface area contributed by atoms with Crippen molar-refractivity contribution in [2.24, 2.45) is 0 Å². The molecule has 2 saturated heterocycles. The first-order valence-corrected chi connectivity index (χ1v) is 7.55. The van der Waals surface area contributed by atoms with Gasteiger partial charge in [0.25, 0.3) is 0 Å². The molecule has 0 bridgehead atoms. The second kappa shape index (κ2) is 10.7. The van der Waals surface area contributed by atoms with Gasteiger partial charge in [0.05, 0.1) is 6.04 Å². The van der Waals surface area contributed by atoms with Crippen LogP contribution in [0.1, 0.15) is 45.4 Å². The Balaban J connectivity index is 0.00000180. The average molecular weight is 326 g/mol. The normalized spacial score (nSPS) is 24.4. The predicted octanol–water partition coefficient (Wildman–Crippen LogP) is 1.96. The van der Waals surface area contributed by atoms with Crippen molar-refractivity contribution in [3.63, 3.8) is 0 Å². The standard InChI is InChI=1S/C14H27N3O.2ClH/c1-2-9-17-10-6-12(7-11-17)16-14(18)13-5-3-4-8-15-13;;/h12-13,15H,2-11H2,1H3,(H,16,18);2*1H/t13-;;/m1../s1. The van der Waals surface area contributed by atoms with Crippen LogP contribution in [0.4, 0.5) is 0 Å². The van der Waals surface area contributed by atoms with Crippen LogP contribution in [0.15, 0.2) is 0 Å². The van der Waals surface area contributed by atoms with Crippen molar-refractivity contribution in [1.29, 1.82) is 0 Å². The first-order valence-electron chi connectivity index (χ1n) is 7.55. The van der Waals surface area contributed by atoms with Crippen LogP contribution < -0.4 is 10.6 Å². The number of rotatable bonds is 4. The number of hydrogen-bond donors (Lipinski definition) is 2. The Labute approximate surface area is 135 Å². The summed E-state index contributed by atoms with van der Waals surface area (Å²) in [6.07, 6.45) is 6.83. The van der Waals surface area contributed by atoms with Gasteiger partial charge in [0.2, 0.25) is 5.91 Å². The highest BCUT2D eigenvalue weighted by Crippen LogP contribution is 2.12. The summed E-state index contributed by atoms with van der Waals surface area (Å²) in [7, 11) is 0. The van der Waals surface area contributed by atoms with E-state index in [4.69, 9.17) is 0 Å². The third-order valence-electron chi connectivity index (χ3n) is 4.10. The smallest absolute Gasteiger partial charge is 0.237 e. The van der Waals surface area contributed by atoms with Gasteiger partial charge in [-0.25, -0.2) is 0 Å². The molecule has 0 aromatic carbocycles. The van der Waals surface area contributed by atoms with Gasteiger partial charge >= 0.3 is 0 Å². The minimum Gasteiger partial charge on any atom is -0.352 e.